The van der Waals surface area contributed by atoms with Crippen molar-refractivity contribution in [1.82, 2.24) is 9.61 Å². The number of aliphatic hydroxyl groups excluding tert-OH is 1. The van der Waals surface area contributed by atoms with Gasteiger partial charge in [0.2, 0.25) is 0 Å². The van der Waals surface area contributed by atoms with Gasteiger partial charge in [-0.05, 0) is 12.1 Å². The zero-order valence-corrected chi connectivity index (χ0v) is 7.49. The molecule has 0 radical (unpaired) electrons. The Balaban J connectivity index is 2.63. The van der Waals surface area contributed by atoms with Crippen molar-refractivity contribution in [2.75, 3.05) is 0 Å². The van der Waals surface area contributed by atoms with Crippen molar-refractivity contribution in [1.29, 1.82) is 0 Å². The van der Waals surface area contributed by atoms with Gasteiger partial charge in [-0.15, -0.1) is 0 Å². The van der Waals surface area contributed by atoms with Gasteiger partial charge in [-0.25, -0.2) is 4.52 Å². The maximum atomic E-state index is 12.4. The molecule has 0 bridgehead atoms. The number of pyridine rings is 1. The minimum atomic E-state index is -4.38. The highest BCUT2D eigenvalue weighted by Crippen LogP contribution is 2.30. The Morgan fingerprint density at radius 2 is 2.13 bits per heavy atom. The first-order valence-electron chi connectivity index (χ1n) is 4.16. The lowest BCUT2D eigenvalue weighted by Crippen LogP contribution is -2.05. The van der Waals surface area contributed by atoms with Crippen LogP contribution in [0.5, 0.6) is 0 Å². The number of aromatic nitrogens is 2. The van der Waals surface area contributed by atoms with E-state index in [-0.39, 0.29) is 12.1 Å². The quantitative estimate of drug-likeness (QED) is 0.789. The van der Waals surface area contributed by atoms with E-state index in [1.165, 1.54) is 16.9 Å². The smallest absolute Gasteiger partial charge is 0.392 e. The lowest BCUT2D eigenvalue weighted by Gasteiger charge is -2.06. The summed E-state index contributed by atoms with van der Waals surface area (Å²) in [4.78, 5) is 0. The van der Waals surface area contributed by atoms with E-state index in [4.69, 9.17) is 5.11 Å². The van der Waals surface area contributed by atoms with Gasteiger partial charge in [0.15, 0.2) is 0 Å². The number of alkyl halides is 3. The molecule has 2 heterocycles. The number of nitrogens with zero attached hydrogens (tertiary/aromatic N) is 2. The third kappa shape index (κ3) is 1.68. The number of fused-ring (bicyclic) bond motifs is 1. The van der Waals surface area contributed by atoms with Crippen LogP contribution >= 0.6 is 0 Å². The van der Waals surface area contributed by atoms with Gasteiger partial charge >= 0.3 is 6.18 Å². The second-order valence-electron chi connectivity index (χ2n) is 3.07. The monoisotopic (exact) mass is 216 g/mol. The fourth-order valence-corrected chi connectivity index (χ4v) is 1.33. The second kappa shape index (κ2) is 3.23. The average Bonchev–Trinajstić information content (AvgIpc) is 2.57. The van der Waals surface area contributed by atoms with Crippen molar-refractivity contribution < 1.29 is 18.3 Å². The number of hydrogen-bond donors (Lipinski definition) is 1. The SMILES string of the molecule is OCc1cnn2ccc(C(F)(F)F)cc12. The first kappa shape index (κ1) is 9.97. The van der Waals surface area contributed by atoms with Gasteiger partial charge in [0.05, 0.1) is 23.9 Å². The molecule has 0 amide bonds. The minimum Gasteiger partial charge on any atom is -0.392 e. The van der Waals surface area contributed by atoms with Crippen LogP contribution in [0.3, 0.4) is 0 Å². The lowest BCUT2D eigenvalue weighted by atomic mass is 10.2. The van der Waals surface area contributed by atoms with Crippen LogP contribution in [0.4, 0.5) is 13.2 Å². The molecule has 15 heavy (non-hydrogen) atoms. The highest BCUT2D eigenvalue weighted by molar-refractivity contribution is 5.55. The third-order valence-corrected chi connectivity index (χ3v) is 2.10. The summed E-state index contributed by atoms with van der Waals surface area (Å²) < 4.78 is 38.4. The Hall–Kier alpha value is -1.56. The number of rotatable bonds is 1. The van der Waals surface area contributed by atoms with Gasteiger partial charge in [0, 0.05) is 11.8 Å². The molecule has 0 aromatic carbocycles. The molecule has 2 rings (SSSR count). The van der Waals surface area contributed by atoms with Gasteiger partial charge in [-0.1, -0.05) is 0 Å². The van der Waals surface area contributed by atoms with Crippen LogP contribution in [0.25, 0.3) is 5.52 Å². The fraction of sp³-hybridized carbons (Fsp3) is 0.222. The predicted molar refractivity (Wildman–Crippen MR) is 46.1 cm³/mol. The first-order chi connectivity index (χ1) is 7.02. The van der Waals surface area contributed by atoms with Gasteiger partial charge in [0.1, 0.15) is 0 Å². The maximum Gasteiger partial charge on any atom is 0.416 e. The van der Waals surface area contributed by atoms with Crippen molar-refractivity contribution in [3.63, 3.8) is 0 Å². The van der Waals surface area contributed by atoms with Crippen molar-refractivity contribution >= 4 is 5.52 Å². The summed E-state index contributed by atoms with van der Waals surface area (Å²) in [6.07, 6.45) is -1.81. The van der Waals surface area contributed by atoms with E-state index in [9.17, 15) is 13.2 Å². The van der Waals surface area contributed by atoms with E-state index in [1.54, 1.807) is 0 Å². The molecule has 0 aliphatic heterocycles. The van der Waals surface area contributed by atoms with Gasteiger partial charge in [0.25, 0.3) is 0 Å². The van der Waals surface area contributed by atoms with Crippen LogP contribution in [-0.4, -0.2) is 14.7 Å². The molecule has 0 saturated carbocycles. The lowest BCUT2D eigenvalue weighted by molar-refractivity contribution is -0.137. The molecule has 0 atom stereocenters. The van der Waals surface area contributed by atoms with Crippen LogP contribution in [0.15, 0.2) is 24.5 Å². The van der Waals surface area contributed by atoms with Crippen molar-refractivity contribution in [3.8, 4) is 0 Å². The molecule has 3 nitrogen and oxygen atoms in total. The van der Waals surface area contributed by atoms with Gasteiger partial charge < -0.3 is 5.11 Å². The Morgan fingerprint density at radius 3 is 2.73 bits per heavy atom. The van der Waals surface area contributed by atoms with E-state index in [1.807, 2.05) is 0 Å². The van der Waals surface area contributed by atoms with E-state index in [0.717, 1.165) is 12.1 Å². The summed E-state index contributed by atoms with van der Waals surface area (Å²) in [7, 11) is 0. The first-order valence-corrected chi connectivity index (χ1v) is 4.16. The molecule has 2 aromatic rings. The van der Waals surface area contributed by atoms with Crippen LogP contribution in [0.1, 0.15) is 11.1 Å². The minimum absolute atomic E-state index is 0.271. The summed E-state index contributed by atoms with van der Waals surface area (Å²) >= 11 is 0. The Kier molecular flexibility index (Phi) is 2.15. The highest BCUT2D eigenvalue weighted by Gasteiger charge is 2.30. The summed E-state index contributed by atoms with van der Waals surface area (Å²) in [5.41, 5.74) is -0.0985. The van der Waals surface area contributed by atoms with E-state index in [2.05, 4.69) is 5.10 Å². The number of hydrogen-bond acceptors (Lipinski definition) is 2. The van der Waals surface area contributed by atoms with Crippen molar-refractivity contribution in [3.05, 3.63) is 35.7 Å². The van der Waals surface area contributed by atoms with E-state index in [0.29, 0.717) is 5.56 Å². The van der Waals surface area contributed by atoms with Crippen LogP contribution in [-0.2, 0) is 12.8 Å². The van der Waals surface area contributed by atoms with Crippen LogP contribution in [0, 0.1) is 0 Å². The van der Waals surface area contributed by atoms with Crippen molar-refractivity contribution in [2.45, 2.75) is 12.8 Å². The van der Waals surface area contributed by atoms with Crippen LogP contribution in [0.2, 0.25) is 0 Å². The summed E-state index contributed by atoms with van der Waals surface area (Å²) in [6, 6.07) is 1.92. The Bertz CT molecular complexity index is 490. The Labute approximate surface area is 82.8 Å². The molecule has 0 aliphatic rings. The summed E-state index contributed by atoms with van der Waals surface area (Å²) in [5, 5.41) is 12.7. The standard InChI is InChI=1S/C9H7F3N2O/c10-9(11,12)7-1-2-14-8(3-7)6(5-15)4-13-14/h1-4,15H,5H2. The molecular weight excluding hydrogens is 209 g/mol. The molecule has 6 heteroatoms. The van der Waals surface area contributed by atoms with Gasteiger partial charge in [-0.3, -0.25) is 0 Å². The molecule has 0 spiro atoms. The third-order valence-electron chi connectivity index (χ3n) is 2.10. The summed E-state index contributed by atoms with van der Waals surface area (Å²) in [5.74, 6) is 0. The molecule has 0 aliphatic carbocycles. The molecule has 0 saturated heterocycles. The van der Waals surface area contributed by atoms with E-state index >= 15 is 0 Å². The predicted octanol–water partition coefficient (Wildman–Crippen LogP) is 1.85. The van der Waals surface area contributed by atoms with Crippen molar-refractivity contribution in [2.24, 2.45) is 0 Å². The van der Waals surface area contributed by atoms with Gasteiger partial charge in [-0.2, -0.15) is 18.3 Å². The molecule has 80 valence electrons. The fourth-order valence-electron chi connectivity index (χ4n) is 1.33. The maximum absolute atomic E-state index is 12.4. The molecule has 1 N–H and O–H groups in total. The topological polar surface area (TPSA) is 37.5 Å². The largest absolute Gasteiger partial charge is 0.416 e. The average molecular weight is 216 g/mol. The second-order valence-corrected chi connectivity index (χ2v) is 3.07. The Morgan fingerprint density at radius 1 is 1.40 bits per heavy atom. The van der Waals surface area contributed by atoms with E-state index < -0.39 is 11.7 Å². The molecular formula is C9H7F3N2O. The zero-order valence-electron chi connectivity index (χ0n) is 7.49. The zero-order chi connectivity index (χ0) is 11.1. The highest BCUT2D eigenvalue weighted by atomic mass is 19.4. The molecule has 2 aromatic heterocycles. The number of halogens is 3. The normalized spacial score (nSPS) is 12.3. The molecule has 0 unspecified atom stereocenters. The number of aliphatic hydroxyl groups is 1. The summed E-state index contributed by atoms with van der Waals surface area (Å²) in [6.45, 7) is -0.329. The van der Waals surface area contributed by atoms with Crippen LogP contribution < -0.4 is 0 Å². The molecule has 0 fully saturated rings.